The molecule has 0 saturated carbocycles. The van der Waals surface area contributed by atoms with Gasteiger partial charge in [0, 0.05) is 37.2 Å². The van der Waals surface area contributed by atoms with Gasteiger partial charge >= 0.3 is 0 Å². The Kier molecular flexibility index (Phi) is 8.15. The molecule has 0 fully saturated rings. The van der Waals surface area contributed by atoms with Crippen LogP contribution in [-0.2, 0) is 0 Å². The van der Waals surface area contributed by atoms with E-state index in [1.54, 1.807) is 24.8 Å². The van der Waals surface area contributed by atoms with Gasteiger partial charge < -0.3 is 0 Å². The van der Waals surface area contributed by atoms with E-state index in [4.69, 9.17) is 0 Å². The third-order valence-electron chi connectivity index (χ3n) is 3.15. The highest BCUT2D eigenvalue weighted by molar-refractivity contribution is 5.23. The molecular weight excluding hydrogens is 312 g/mol. The smallest absolute Gasteiger partial charge is 0.0716 e. The van der Waals surface area contributed by atoms with E-state index in [9.17, 15) is 0 Å². The third kappa shape index (κ3) is 6.78. The molecule has 6 nitrogen and oxygen atoms in total. The van der Waals surface area contributed by atoms with Gasteiger partial charge in [-0.05, 0) is 42.8 Å². The minimum absolute atomic E-state index is 0.178. The first kappa shape index (κ1) is 18.1. The number of hydrogen-bond acceptors (Lipinski definition) is 4. The van der Waals surface area contributed by atoms with Gasteiger partial charge in [0.15, 0.2) is 0 Å². The van der Waals surface area contributed by atoms with Gasteiger partial charge in [-0.25, -0.2) is 0 Å². The highest BCUT2D eigenvalue weighted by Crippen LogP contribution is 2.22. The molecule has 4 aromatic rings. The van der Waals surface area contributed by atoms with Crippen molar-refractivity contribution in [3.05, 3.63) is 104 Å². The van der Waals surface area contributed by atoms with E-state index in [0.717, 1.165) is 11.4 Å². The van der Waals surface area contributed by atoms with Crippen LogP contribution in [0.4, 0.5) is 0 Å². The highest BCUT2D eigenvalue weighted by atomic mass is 15.1. The Morgan fingerprint density at radius 1 is 0.720 bits per heavy atom. The number of nitrogens with one attached hydrogen (secondary N) is 2. The number of nitrogens with zero attached hydrogens (tertiary/aromatic N) is 4. The van der Waals surface area contributed by atoms with Crippen LogP contribution in [0.3, 0.4) is 0 Å². The lowest BCUT2D eigenvalue weighted by molar-refractivity contribution is 0.825. The van der Waals surface area contributed by atoms with Crippen molar-refractivity contribution < 1.29 is 0 Å². The van der Waals surface area contributed by atoms with E-state index in [0.29, 0.717) is 0 Å². The van der Waals surface area contributed by atoms with Gasteiger partial charge in [0.1, 0.15) is 0 Å². The Bertz CT molecular complexity index is 620. The fourth-order valence-corrected chi connectivity index (χ4v) is 2.01. The van der Waals surface area contributed by atoms with E-state index in [1.165, 1.54) is 0 Å². The van der Waals surface area contributed by atoms with Crippen LogP contribution in [0.5, 0.6) is 0 Å². The summed E-state index contributed by atoms with van der Waals surface area (Å²) in [4.78, 5) is 7.57. The molecule has 6 heteroatoms. The van der Waals surface area contributed by atoms with E-state index in [2.05, 4.69) is 36.8 Å². The predicted molar refractivity (Wildman–Crippen MR) is 97.5 cm³/mol. The SMILES string of the molecule is C[CH]C(c1cc[nH]n1)c1cc[nH]n1.c1ccncc1.c1ccncc1. The van der Waals surface area contributed by atoms with Crippen LogP contribution in [0.2, 0.25) is 0 Å². The van der Waals surface area contributed by atoms with Crippen molar-refractivity contribution in [1.82, 2.24) is 30.4 Å². The molecule has 0 bridgehead atoms. The Balaban J connectivity index is 0.000000156. The van der Waals surface area contributed by atoms with Crippen molar-refractivity contribution in [3.63, 3.8) is 0 Å². The maximum atomic E-state index is 4.13. The van der Waals surface area contributed by atoms with Crippen LogP contribution < -0.4 is 0 Å². The minimum atomic E-state index is 0.178. The fraction of sp³-hybridized carbons (Fsp3) is 0.105. The normalized spacial score (nSPS) is 9.52. The summed E-state index contributed by atoms with van der Waals surface area (Å²) < 4.78 is 0. The van der Waals surface area contributed by atoms with Gasteiger partial charge in [-0.3, -0.25) is 20.2 Å². The molecule has 4 heterocycles. The maximum absolute atomic E-state index is 4.13. The second-order valence-electron chi connectivity index (χ2n) is 4.86. The van der Waals surface area contributed by atoms with E-state index < -0.39 is 0 Å². The number of aromatic amines is 2. The van der Waals surface area contributed by atoms with Gasteiger partial charge in [0.05, 0.1) is 17.3 Å². The van der Waals surface area contributed by atoms with E-state index in [1.807, 2.05) is 67.8 Å². The number of aromatic nitrogens is 6. The predicted octanol–water partition coefficient (Wildman–Crippen LogP) is 3.65. The molecule has 0 aliphatic heterocycles. The lowest BCUT2D eigenvalue weighted by atomic mass is 9.99. The molecule has 4 rings (SSSR count). The highest BCUT2D eigenvalue weighted by Gasteiger charge is 2.15. The maximum Gasteiger partial charge on any atom is 0.0716 e. The van der Waals surface area contributed by atoms with Crippen LogP contribution >= 0.6 is 0 Å². The zero-order chi connectivity index (χ0) is 17.6. The molecule has 25 heavy (non-hydrogen) atoms. The first-order valence-electron chi connectivity index (χ1n) is 7.90. The van der Waals surface area contributed by atoms with Gasteiger partial charge in [0.25, 0.3) is 0 Å². The largest absolute Gasteiger partial charge is 0.285 e. The van der Waals surface area contributed by atoms with Gasteiger partial charge in [-0.2, -0.15) is 10.2 Å². The second kappa shape index (κ2) is 11.3. The van der Waals surface area contributed by atoms with Crippen LogP contribution in [0.15, 0.2) is 85.7 Å². The molecule has 4 aromatic heterocycles. The Labute approximate surface area is 147 Å². The first-order chi connectivity index (χ1) is 12.4. The monoisotopic (exact) mass is 333 g/mol. The molecule has 0 aliphatic rings. The molecule has 2 N–H and O–H groups in total. The number of hydrogen-bond donors (Lipinski definition) is 2. The summed E-state index contributed by atoms with van der Waals surface area (Å²) in [6.07, 6.45) is 12.7. The summed E-state index contributed by atoms with van der Waals surface area (Å²) in [5.41, 5.74) is 1.99. The third-order valence-corrected chi connectivity index (χ3v) is 3.15. The lowest BCUT2D eigenvalue weighted by Crippen LogP contribution is -2.01. The van der Waals surface area contributed by atoms with Crippen molar-refractivity contribution in [1.29, 1.82) is 0 Å². The summed E-state index contributed by atoms with van der Waals surface area (Å²) >= 11 is 0. The van der Waals surface area contributed by atoms with Gasteiger partial charge in [-0.15, -0.1) is 0 Å². The summed E-state index contributed by atoms with van der Waals surface area (Å²) in [6, 6.07) is 15.3. The van der Waals surface area contributed by atoms with Crippen molar-refractivity contribution in [2.24, 2.45) is 0 Å². The summed E-state index contributed by atoms with van der Waals surface area (Å²) in [5.74, 6) is 0.178. The van der Waals surface area contributed by atoms with Gasteiger partial charge in [0.2, 0.25) is 0 Å². The fourth-order valence-electron chi connectivity index (χ4n) is 2.01. The van der Waals surface area contributed by atoms with E-state index >= 15 is 0 Å². The number of pyridine rings is 2. The zero-order valence-corrected chi connectivity index (χ0v) is 14.0. The Morgan fingerprint density at radius 3 is 1.36 bits per heavy atom. The standard InChI is InChI=1S/C9H11N4.2C5H5N/c1-2-7(8-3-5-10-12-8)9-4-6-11-13-9;2*1-2-4-6-5-3-1/h2-7H,1H3,(H,10,12)(H,11,13);2*1-5H. The number of H-pyrrole nitrogens is 2. The van der Waals surface area contributed by atoms with Crippen LogP contribution in [0.1, 0.15) is 24.2 Å². The molecule has 0 atom stereocenters. The zero-order valence-electron chi connectivity index (χ0n) is 14.0. The van der Waals surface area contributed by atoms with Crippen molar-refractivity contribution in [3.8, 4) is 0 Å². The van der Waals surface area contributed by atoms with Crippen molar-refractivity contribution >= 4 is 0 Å². The molecule has 1 radical (unpaired) electrons. The average Bonchev–Trinajstić information content (AvgIpc) is 3.41. The lowest BCUT2D eigenvalue weighted by Gasteiger charge is -2.07. The number of rotatable bonds is 3. The molecule has 0 unspecified atom stereocenters. The molecule has 0 aromatic carbocycles. The molecule has 127 valence electrons. The van der Waals surface area contributed by atoms with Crippen molar-refractivity contribution in [2.45, 2.75) is 12.8 Å². The summed E-state index contributed by atoms with van der Waals surface area (Å²) in [7, 11) is 0. The topological polar surface area (TPSA) is 83.1 Å². The molecule has 0 aliphatic carbocycles. The van der Waals surface area contributed by atoms with Crippen LogP contribution in [0.25, 0.3) is 0 Å². The van der Waals surface area contributed by atoms with Crippen LogP contribution in [0, 0.1) is 6.42 Å². The first-order valence-corrected chi connectivity index (χ1v) is 7.90. The Morgan fingerprint density at radius 2 is 1.16 bits per heavy atom. The van der Waals surface area contributed by atoms with Gasteiger partial charge in [-0.1, -0.05) is 19.1 Å². The van der Waals surface area contributed by atoms with E-state index in [-0.39, 0.29) is 5.92 Å². The average molecular weight is 333 g/mol. The summed E-state index contributed by atoms with van der Waals surface area (Å²) in [5, 5.41) is 13.9. The molecule has 0 spiro atoms. The molecular formula is C19H21N6. The minimum Gasteiger partial charge on any atom is -0.285 e. The molecule has 0 amide bonds. The van der Waals surface area contributed by atoms with Crippen molar-refractivity contribution in [2.75, 3.05) is 0 Å². The van der Waals surface area contributed by atoms with Crippen LogP contribution in [-0.4, -0.2) is 30.4 Å². The Hall–Kier alpha value is -3.28. The quantitative estimate of drug-likeness (QED) is 0.599. The summed E-state index contributed by atoms with van der Waals surface area (Å²) in [6.45, 7) is 2.01. The molecule has 0 saturated heterocycles. The second-order valence-corrected chi connectivity index (χ2v) is 4.86.